The van der Waals surface area contributed by atoms with E-state index in [4.69, 9.17) is 14.6 Å². The fourth-order valence-electron chi connectivity index (χ4n) is 3.67. The topological polar surface area (TPSA) is 97.8 Å². The largest absolute Gasteiger partial charge is 0.478 e. The molecule has 7 nitrogen and oxygen atoms in total. The summed E-state index contributed by atoms with van der Waals surface area (Å²) in [6.45, 7) is 4.24. The monoisotopic (exact) mass is 548 g/mol. The molecule has 1 atom stereocenters. The summed E-state index contributed by atoms with van der Waals surface area (Å²) >= 11 is 1.02. The van der Waals surface area contributed by atoms with Crippen LogP contribution in [0.4, 0.5) is 18.3 Å². The summed E-state index contributed by atoms with van der Waals surface area (Å²) in [5, 5.41) is 13.0. The summed E-state index contributed by atoms with van der Waals surface area (Å²) in [4.78, 5) is 27.8. The zero-order chi connectivity index (χ0) is 27.8. The van der Waals surface area contributed by atoms with Gasteiger partial charge in [-0.3, -0.25) is 10.1 Å². The molecule has 1 aromatic heterocycles. The Morgan fingerprint density at radius 2 is 1.92 bits per heavy atom. The standard InChI is InChI=1S/C27H27F3N2O5S/c1-4-37-10-6-9-23(36-3)18-8-5-7-17(24(18)30)22-14-38-27(31-22)32-25(33)16-12-20(28)19(21(29)13-16)11-15(2)26(34)35/h5,7-8,11-14,23H,4,6,9-10H2,1-3H3,(H,34,35)(H,31,32,33). The number of benzene rings is 2. The van der Waals surface area contributed by atoms with Crippen LogP contribution in [0.5, 0.6) is 0 Å². The second-order valence-corrected chi connectivity index (χ2v) is 9.11. The number of carbonyl (C=O) groups excluding carboxylic acids is 1. The highest BCUT2D eigenvalue weighted by molar-refractivity contribution is 7.14. The van der Waals surface area contributed by atoms with E-state index in [2.05, 4.69) is 10.3 Å². The number of anilines is 1. The van der Waals surface area contributed by atoms with Gasteiger partial charge in [0.15, 0.2) is 5.13 Å². The minimum absolute atomic E-state index is 0.0984. The van der Waals surface area contributed by atoms with Crippen LogP contribution < -0.4 is 5.32 Å². The molecule has 202 valence electrons. The quantitative estimate of drug-likeness (QED) is 0.199. The Morgan fingerprint density at radius 1 is 1.21 bits per heavy atom. The molecule has 0 saturated heterocycles. The van der Waals surface area contributed by atoms with Crippen LogP contribution >= 0.6 is 11.3 Å². The highest BCUT2D eigenvalue weighted by atomic mass is 32.1. The van der Waals surface area contributed by atoms with Crippen molar-refractivity contribution < 1.29 is 37.3 Å². The number of nitrogens with zero attached hydrogens (tertiary/aromatic N) is 1. The van der Waals surface area contributed by atoms with Crippen LogP contribution in [-0.2, 0) is 14.3 Å². The maximum absolute atomic E-state index is 15.4. The zero-order valence-electron chi connectivity index (χ0n) is 21.0. The third-order valence-electron chi connectivity index (χ3n) is 5.66. The normalized spacial score (nSPS) is 12.4. The lowest BCUT2D eigenvalue weighted by molar-refractivity contribution is -0.132. The fourth-order valence-corrected chi connectivity index (χ4v) is 4.37. The molecule has 0 aliphatic rings. The number of carboxylic acids is 1. The first-order valence-electron chi connectivity index (χ1n) is 11.7. The van der Waals surface area contributed by atoms with Gasteiger partial charge in [-0.1, -0.05) is 12.1 Å². The number of amides is 1. The molecule has 11 heteroatoms. The molecule has 0 bridgehead atoms. The third-order valence-corrected chi connectivity index (χ3v) is 6.42. The van der Waals surface area contributed by atoms with Crippen LogP contribution in [-0.4, -0.2) is 42.3 Å². The van der Waals surface area contributed by atoms with Gasteiger partial charge in [-0.15, -0.1) is 11.3 Å². The van der Waals surface area contributed by atoms with E-state index in [9.17, 15) is 18.4 Å². The number of ether oxygens (including phenoxy) is 2. The minimum Gasteiger partial charge on any atom is -0.478 e. The first-order chi connectivity index (χ1) is 18.2. The molecule has 2 aromatic carbocycles. The van der Waals surface area contributed by atoms with Crippen LogP contribution in [0, 0.1) is 17.5 Å². The lowest BCUT2D eigenvalue weighted by Gasteiger charge is -2.17. The lowest BCUT2D eigenvalue weighted by Crippen LogP contribution is -2.13. The fraction of sp³-hybridized carbons (Fsp3) is 0.296. The minimum atomic E-state index is -1.33. The average Bonchev–Trinajstić information content (AvgIpc) is 3.34. The average molecular weight is 549 g/mol. The van der Waals surface area contributed by atoms with Gasteiger partial charge in [0.1, 0.15) is 17.5 Å². The number of aromatic nitrogens is 1. The van der Waals surface area contributed by atoms with Gasteiger partial charge in [0, 0.05) is 53.5 Å². The summed E-state index contributed by atoms with van der Waals surface area (Å²) in [5.74, 6) is -4.85. The molecule has 3 rings (SSSR count). The van der Waals surface area contributed by atoms with E-state index in [0.717, 1.165) is 29.5 Å². The zero-order valence-corrected chi connectivity index (χ0v) is 21.8. The number of carboxylic acid groups (broad SMARTS) is 1. The Morgan fingerprint density at radius 3 is 2.55 bits per heavy atom. The molecule has 1 amide bonds. The first-order valence-corrected chi connectivity index (χ1v) is 12.6. The SMILES string of the molecule is CCOCCCC(OC)c1cccc(-c2csc(NC(=O)c3cc(F)c(C=C(C)C(=O)O)c(F)c3)n2)c1F. The summed E-state index contributed by atoms with van der Waals surface area (Å²) in [6, 6.07) is 6.49. The highest BCUT2D eigenvalue weighted by Crippen LogP contribution is 2.33. The van der Waals surface area contributed by atoms with Crippen molar-refractivity contribution in [2.75, 3.05) is 25.6 Å². The van der Waals surface area contributed by atoms with E-state index in [-0.39, 0.29) is 27.5 Å². The predicted molar refractivity (Wildman–Crippen MR) is 139 cm³/mol. The molecule has 0 aliphatic carbocycles. The number of halogens is 3. The molecule has 0 aliphatic heterocycles. The maximum Gasteiger partial charge on any atom is 0.331 e. The van der Waals surface area contributed by atoms with Crippen LogP contribution in [0.3, 0.4) is 0 Å². The van der Waals surface area contributed by atoms with E-state index >= 15 is 4.39 Å². The van der Waals surface area contributed by atoms with Crippen LogP contribution in [0.25, 0.3) is 17.3 Å². The molecule has 0 fully saturated rings. The van der Waals surface area contributed by atoms with Crippen molar-refractivity contribution in [3.63, 3.8) is 0 Å². The molecule has 38 heavy (non-hydrogen) atoms. The van der Waals surface area contributed by atoms with Gasteiger partial charge in [-0.25, -0.2) is 22.9 Å². The van der Waals surface area contributed by atoms with Crippen molar-refractivity contribution in [3.8, 4) is 11.3 Å². The molecule has 1 unspecified atom stereocenters. The van der Waals surface area contributed by atoms with Gasteiger partial charge in [-0.05, 0) is 51.0 Å². The summed E-state index contributed by atoms with van der Waals surface area (Å²) in [5.41, 5.74) is -0.304. The Bertz CT molecular complexity index is 1320. The van der Waals surface area contributed by atoms with E-state index in [1.807, 2.05) is 6.92 Å². The number of hydrogen-bond donors (Lipinski definition) is 2. The number of hydrogen-bond acceptors (Lipinski definition) is 6. The number of rotatable bonds is 12. The number of thiazole rings is 1. The number of aliphatic carboxylic acids is 1. The summed E-state index contributed by atoms with van der Waals surface area (Å²) in [6.07, 6.45) is 1.63. The van der Waals surface area contributed by atoms with Gasteiger partial charge < -0.3 is 14.6 Å². The molecule has 0 saturated carbocycles. The van der Waals surface area contributed by atoms with Crippen LogP contribution in [0.15, 0.2) is 41.3 Å². The Kier molecular flexibility index (Phi) is 10.2. The van der Waals surface area contributed by atoms with E-state index in [0.29, 0.717) is 31.6 Å². The highest BCUT2D eigenvalue weighted by Gasteiger charge is 2.21. The molecule has 1 heterocycles. The van der Waals surface area contributed by atoms with Crippen molar-refractivity contribution in [3.05, 3.63) is 75.4 Å². The van der Waals surface area contributed by atoms with Crippen molar-refractivity contribution in [2.45, 2.75) is 32.8 Å². The Hall–Kier alpha value is -3.54. The molecule has 2 N–H and O–H groups in total. The van der Waals surface area contributed by atoms with Gasteiger partial charge in [0.05, 0.1) is 11.8 Å². The molecular formula is C27H27F3N2O5S. The van der Waals surface area contributed by atoms with Crippen LogP contribution in [0.2, 0.25) is 0 Å². The Balaban J connectivity index is 1.78. The number of carbonyl (C=O) groups is 2. The molecule has 0 spiro atoms. The number of nitrogens with one attached hydrogen (secondary N) is 1. The van der Waals surface area contributed by atoms with Crippen molar-refractivity contribution >= 4 is 34.4 Å². The van der Waals surface area contributed by atoms with Gasteiger partial charge in [0.25, 0.3) is 5.91 Å². The second-order valence-electron chi connectivity index (χ2n) is 8.25. The van der Waals surface area contributed by atoms with E-state index in [1.54, 1.807) is 23.6 Å². The predicted octanol–water partition coefficient (Wildman–Crippen LogP) is 6.47. The van der Waals surface area contributed by atoms with Gasteiger partial charge in [0.2, 0.25) is 0 Å². The van der Waals surface area contributed by atoms with Gasteiger partial charge in [-0.2, -0.15) is 0 Å². The smallest absolute Gasteiger partial charge is 0.331 e. The molecule has 0 radical (unpaired) electrons. The summed E-state index contributed by atoms with van der Waals surface area (Å²) < 4.78 is 55.1. The van der Waals surface area contributed by atoms with E-state index in [1.165, 1.54) is 14.0 Å². The maximum atomic E-state index is 15.4. The number of methoxy groups -OCH3 is 1. The molecule has 3 aromatic rings. The van der Waals surface area contributed by atoms with Crippen molar-refractivity contribution in [1.29, 1.82) is 0 Å². The first kappa shape index (κ1) is 29.0. The van der Waals surface area contributed by atoms with Crippen LogP contribution in [0.1, 0.15) is 54.3 Å². The van der Waals surface area contributed by atoms with Gasteiger partial charge >= 0.3 is 5.97 Å². The van der Waals surface area contributed by atoms with Crippen molar-refractivity contribution in [1.82, 2.24) is 4.98 Å². The summed E-state index contributed by atoms with van der Waals surface area (Å²) in [7, 11) is 1.51. The molecular weight excluding hydrogens is 521 g/mol. The third kappa shape index (κ3) is 7.06. The van der Waals surface area contributed by atoms with E-state index < -0.39 is 41.0 Å². The second kappa shape index (κ2) is 13.3. The lowest BCUT2D eigenvalue weighted by atomic mass is 10.00. The van der Waals surface area contributed by atoms with Crippen molar-refractivity contribution in [2.24, 2.45) is 0 Å². The Labute approximate surface area is 221 Å².